The molecule has 0 aromatic carbocycles. The van der Waals surface area contributed by atoms with Crippen molar-refractivity contribution in [1.29, 1.82) is 0 Å². The summed E-state index contributed by atoms with van der Waals surface area (Å²) in [4.78, 5) is 18.5. The lowest BCUT2D eigenvalue weighted by molar-refractivity contribution is 0.0666. The minimum Gasteiger partial charge on any atom is -0.337 e. The molecule has 1 atom stereocenters. The molecule has 0 unspecified atom stereocenters. The minimum atomic E-state index is 0.0477. The van der Waals surface area contributed by atoms with Crippen molar-refractivity contribution in [2.24, 2.45) is 13.0 Å². The Balaban J connectivity index is 1.64. The number of hydrogen-bond donors (Lipinski definition) is 0. The molecule has 2 aromatic rings. The monoisotopic (exact) mass is 284 g/mol. The highest BCUT2D eigenvalue weighted by Crippen LogP contribution is 2.21. The summed E-state index contributed by atoms with van der Waals surface area (Å²) in [7, 11) is 1.83. The summed E-state index contributed by atoms with van der Waals surface area (Å²) in [6.07, 6.45) is 8.73. The van der Waals surface area contributed by atoms with E-state index in [9.17, 15) is 4.79 Å². The van der Waals surface area contributed by atoms with Crippen LogP contribution in [0, 0.1) is 5.92 Å². The van der Waals surface area contributed by atoms with Gasteiger partial charge in [-0.3, -0.25) is 14.5 Å². The van der Waals surface area contributed by atoms with E-state index in [2.05, 4.69) is 16.1 Å². The van der Waals surface area contributed by atoms with Crippen LogP contribution < -0.4 is 0 Å². The smallest absolute Gasteiger partial charge is 0.274 e. The fourth-order valence-corrected chi connectivity index (χ4v) is 2.96. The van der Waals surface area contributed by atoms with E-state index in [-0.39, 0.29) is 5.91 Å². The number of carbonyl (C=O) groups excluding carboxylic acids is 1. The molecule has 3 heterocycles. The number of pyridine rings is 1. The van der Waals surface area contributed by atoms with Crippen LogP contribution in [0.15, 0.2) is 36.8 Å². The second kappa shape index (κ2) is 6.08. The van der Waals surface area contributed by atoms with Gasteiger partial charge in [-0.1, -0.05) is 6.07 Å². The van der Waals surface area contributed by atoms with Crippen LogP contribution in [0.1, 0.15) is 28.9 Å². The normalized spacial score (nSPS) is 18.7. The van der Waals surface area contributed by atoms with Crippen molar-refractivity contribution >= 4 is 5.91 Å². The van der Waals surface area contributed by atoms with E-state index in [1.54, 1.807) is 16.9 Å². The number of aryl methyl sites for hydroxylation is 1. The zero-order valence-electron chi connectivity index (χ0n) is 12.3. The van der Waals surface area contributed by atoms with Crippen LogP contribution in [0.5, 0.6) is 0 Å². The molecule has 1 aliphatic heterocycles. The Labute approximate surface area is 124 Å². The first-order valence-electron chi connectivity index (χ1n) is 7.40. The number of nitrogens with zero attached hydrogens (tertiary/aromatic N) is 4. The number of aromatic nitrogens is 3. The van der Waals surface area contributed by atoms with E-state index in [1.165, 1.54) is 12.0 Å². The second-order valence-corrected chi connectivity index (χ2v) is 5.70. The van der Waals surface area contributed by atoms with Crippen LogP contribution in [0.3, 0.4) is 0 Å². The lowest BCUT2D eigenvalue weighted by Gasteiger charge is -2.32. The van der Waals surface area contributed by atoms with Crippen LogP contribution >= 0.6 is 0 Å². The first kappa shape index (κ1) is 13.8. The number of rotatable bonds is 3. The van der Waals surface area contributed by atoms with E-state index in [4.69, 9.17) is 0 Å². The van der Waals surface area contributed by atoms with Gasteiger partial charge in [-0.05, 0) is 42.9 Å². The third kappa shape index (κ3) is 3.29. The molecule has 0 N–H and O–H groups in total. The summed E-state index contributed by atoms with van der Waals surface area (Å²) in [5.74, 6) is 0.557. The molecule has 2 aromatic heterocycles. The van der Waals surface area contributed by atoms with Crippen LogP contribution in [0.25, 0.3) is 0 Å². The van der Waals surface area contributed by atoms with Gasteiger partial charge in [0.05, 0.1) is 0 Å². The zero-order valence-corrected chi connectivity index (χ0v) is 12.3. The lowest BCUT2D eigenvalue weighted by atomic mass is 9.92. The Kier molecular flexibility index (Phi) is 3.99. The molecule has 3 rings (SSSR count). The molecule has 1 fully saturated rings. The predicted molar refractivity (Wildman–Crippen MR) is 79.8 cm³/mol. The quantitative estimate of drug-likeness (QED) is 0.865. The average molecular weight is 284 g/mol. The Morgan fingerprint density at radius 1 is 1.43 bits per heavy atom. The van der Waals surface area contributed by atoms with Crippen LogP contribution in [0.2, 0.25) is 0 Å². The predicted octanol–water partition coefficient (Wildman–Crippen LogP) is 1.91. The lowest BCUT2D eigenvalue weighted by Crippen LogP contribution is -2.40. The molecule has 1 aliphatic rings. The maximum Gasteiger partial charge on any atom is 0.274 e. The van der Waals surface area contributed by atoms with Crippen LogP contribution in [-0.4, -0.2) is 38.7 Å². The second-order valence-electron chi connectivity index (χ2n) is 5.70. The zero-order chi connectivity index (χ0) is 14.7. The molecule has 0 bridgehead atoms. The van der Waals surface area contributed by atoms with Gasteiger partial charge in [0.25, 0.3) is 5.91 Å². The highest BCUT2D eigenvalue weighted by Gasteiger charge is 2.25. The highest BCUT2D eigenvalue weighted by molar-refractivity contribution is 5.92. The van der Waals surface area contributed by atoms with Crippen LogP contribution in [-0.2, 0) is 13.5 Å². The third-order valence-electron chi connectivity index (χ3n) is 3.99. The van der Waals surface area contributed by atoms with Crippen molar-refractivity contribution < 1.29 is 4.79 Å². The Bertz CT molecular complexity index is 608. The molecular formula is C16H20N4O. The topological polar surface area (TPSA) is 51.0 Å². The maximum absolute atomic E-state index is 12.4. The van der Waals surface area contributed by atoms with E-state index < -0.39 is 0 Å². The number of carbonyl (C=O) groups is 1. The largest absolute Gasteiger partial charge is 0.337 e. The van der Waals surface area contributed by atoms with Crippen molar-refractivity contribution in [3.63, 3.8) is 0 Å². The number of likely N-dealkylation sites (tertiary alicyclic amines) is 1. The van der Waals surface area contributed by atoms with E-state index in [1.807, 2.05) is 30.4 Å². The number of amides is 1. The molecule has 21 heavy (non-hydrogen) atoms. The summed E-state index contributed by atoms with van der Waals surface area (Å²) in [6, 6.07) is 5.86. The summed E-state index contributed by atoms with van der Waals surface area (Å²) < 4.78 is 1.67. The molecule has 110 valence electrons. The summed E-state index contributed by atoms with van der Waals surface area (Å²) >= 11 is 0. The fourth-order valence-electron chi connectivity index (χ4n) is 2.96. The van der Waals surface area contributed by atoms with Gasteiger partial charge in [-0.25, -0.2) is 0 Å². The van der Waals surface area contributed by atoms with Crippen molar-refractivity contribution in [3.05, 3.63) is 48.0 Å². The first-order valence-corrected chi connectivity index (χ1v) is 7.40. The Morgan fingerprint density at radius 2 is 2.33 bits per heavy atom. The summed E-state index contributed by atoms with van der Waals surface area (Å²) in [5.41, 5.74) is 1.79. The number of hydrogen-bond acceptors (Lipinski definition) is 3. The molecule has 1 amide bonds. The molecule has 0 saturated carbocycles. The molecule has 5 nitrogen and oxygen atoms in total. The summed E-state index contributed by atoms with van der Waals surface area (Å²) in [5, 5.41) is 4.21. The molecule has 0 radical (unpaired) electrons. The minimum absolute atomic E-state index is 0.0477. The standard InChI is InChI=1S/C16H20N4O/c1-19-9-6-15(18-19)16(21)20-8-3-5-14(12-20)10-13-4-2-7-17-11-13/h2,4,6-7,9,11,14H,3,5,8,10,12H2,1H3/t14-/m1/s1. The molecule has 0 spiro atoms. The van der Waals surface area contributed by atoms with Gasteiger partial charge >= 0.3 is 0 Å². The van der Waals surface area contributed by atoms with Gasteiger partial charge in [-0.15, -0.1) is 0 Å². The van der Waals surface area contributed by atoms with Crippen molar-refractivity contribution in [3.8, 4) is 0 Å². The van der Waals surface area contributed by atoms with Gasteiger partial charge < -0.3 is 4.90 Å². The van der Waals surface area contributed by atoms with Crippen molar-refractivity contribution in [2.45, 2.75) is 19.3 Å². The fraction of sp³-hybridized carbons (Fsp3) is 0.438. The Morgan fingerprint density at radius 3 is 3.05 bits per heavy atom. The van der Waals surface area contributed by atoms with Gasteiger partial charge in [0.15, 0.2) is 0 Å². The highest BCUT2D eigenvalue weighted by atomic mass is 16.2. The van der Waals surface area contributed by atoms with Crippen LogP contribution in [0.4, 0.5) is 0 Å². The van der Waals surface area contributed by atoms with E-state index >= 15 is 0 Å². The average Bonchev–Trinajstić information content (AvgIpc) is 2.94. The van der Waals surface area contributed by atoms with Crippen molar-refractivity contribution in [2.75, 3.05) is 13.1 Å². The molecule has 5 heteroatoms. The van der Waals surface area contributed by atoms with Gasteiger partial charge in [0.2, 0.25) is 0 Å². The number of piperidine rings is 1. The molecule has 1 saturated heterocycles. The molecule has 0 aliphatic carbocycles. The van der Waals surface area contributed by atoms with Gasteiger partial charge in [0.1, 0.15) is 5.69 Å². The van der Waals surface area contributed by atoms with Crippen molar-refractivity contribution in [1.82, 2.24) is 19.7 Å². The maximum atomic E-state index is 12.4. The van der Waals surface area contributed by atoms with Gasteiger partial charge in [-0.2, -0.15) is 5.10 Å². The van der Waals surface area contributed by atoms with E-state index in [0.29, 0.717) is 11.6 Å². The molecular weight excluding hydrogens is 264 g/mol. The first-order chi connectivity index (χ1) is 10.2. The van der Waals surface area contributed by atoms with E-state index in [0.717, 1.165) is 25.9 Å². The van der Waals surface area contributed by atoms with Gasteiger partial charge in [0, 0.05) is 38.7 Å². The SMILES string of the molecule is Cn1ccc(C(=O)N2CCC[C@H](Cc3cccnc3)C2)n1. The third-order valence-corrected chi connectivity index (χ3v) is 3.99. The summed E-state index contributed by atoms with van der Waals surface area (Å²) in [6.45, 7) is 1.64. The Hall–Kier alpha value is -2.17.